The summed E-state index contributed by atoms with van der Waals surface area (Å²) in [7, 11) is 0. The molecule has 6 heteroatoms. The number of Topliss-reactive ketones (excluding diaryl/α,β-unsaturated/α-hetero) is 1. The van der Waals surface area contributed by atoms with Crippen LogP contribution in [0.15, 0.2) is 18.2 Å². The highest BCUT2D eigenvalue weighted by Gasteiger charge is 2.54. The zero-order valence-electron chi connectivity index (χ0n) is 14.9. The third-order valence-electron chi connectivity index (χ3n) is 6.61. The fraction of sp³-hybridized carbons (Fsp3) is 0.600. The van der Waals surface area contributed by atoms with Crippen molar-refractivity contribution in [2.24, 2.45) is 23.2 Å². The first-order chi connectivity index (χ1) is 12.4. The second-order valence-corrected chi connectivity index (χ2v) is 8.46. The SMILES string of the molecule is Cc1ccc(C(=O)OCC(=O)C23CC4CC(CC(C4)C2)C3)cc1[N+](=O)[O-]. The van der Waals surface area contributed by atoms with E-state index in [1.807, 2.05) is 0 Å². The maximum atomic E-state index is 12.9. The van der Waals surface area contributed by atoms with Crippen molar-refractivity contribution in [2.45, 2.75) is 45.4 Å². The molecule has 1 aromatic rings. The Kier molecular flexibility index (Phi) is 4.09. The number of nitro benzene ring substituents is 1. The van der Waals surface area contributed by atoms with E-state index < -0.39 is 10.9 Å². The number of hydrogen-bond acceptors (Lipinski definition) is 5. The molecular weight excluding hydrogens is 334 g/mol. The number of benzene rings is 1. The molecule has 0 heterocycles. The standard InChI is InChI=1S/C20H23NO5/c1-12-2-3-16(7-17(12)21(24)25)19(23)26-11-18(22)20-8-13-4-14(9-20)6-15(5-13)10-20/h2-3,7,13-15H,4-6,8-11H2,1H3. The Morgan fingerprint density at radius 3 is 2.27 bits per heavy atom. The molecule has 6 nitrogen and oxygen atoms in total. The van der Waals surface area contributed by atoms with Gasteiger partial charge in [-0.05, 0) is 69.3 Å². The van der Waals surface area contributed by atoms with Gasteiger partial charge in [0, 0.05) is 17.0 Å². The molecular formula is C20H23NO5. The number of aryl methyl sites for hydroxylation is 1. The van der Waals surface area contributed by atoms with Crippen molar-refractivity contribution >= 4 is 17.4 Å². The molecule has 4 saturated carbocycles. The van der Waals surface area contributed by atoms with Crippen molar-refractivity contribution in [3.63, 3.8) is 0 Å². The van der Waals surface area contributed by atoms with Crippen LogP contribution in [0.25, 0.3) is 0 Å². The van der Waals surface area contributed by atoms with Crippen LogP contribution in [0.1, 0.15) is 54.4 Å². The van der Waals surface area contributed by atoms with E-state index in [-0.39, 0.29) is 29.1 Å². The molecule has 0 spiro atoms. The van der Waals surface area contributed by atoms with Gasteiger partial charge in [0.1, 0.15) is 0 Å². The summed E-state index contributed by atoms with van der Waals surface area (Å²) in [5, 5.41) is 11.0. The first-order valence-corrected chi connectivity index (χ1v) is 9.32. The summed E-state index contributed by atoms with van der Waals surface area (Å²) < 4.78 is 5.24. The van der Waals surface area contributed by atoms with Gasteiger partial charge in [0.05, 0.1) is 10.5 Å². The maximum absolute atomic E-state index is 12.9. The Morgan fingerprint density at radius 2 is 1.73 bits per heavy atom. The Labute approximate surface area is 152 Å². The predicted molar refractivity (Wildman–Crippen MR) is 93.7 cm³/mol. The zero-order chi connectivity index (χ0) is 18.5. The van der Waals surface area contributed by atoms with Gasteiger partial charge in [-0.1, -0.05) is 6.07 Å². The molecule has 0 saturated heterocycles. The summed E-state index contributed by atoms with van der Waals surface area (Å²) in [4.78, 5) is 35.6. The molecule has 0 amide bonds. The van der Waals surface area contributed by atoms with E-state index in [1.54, 1.807) is 6.92 Å². The summed E-state index contributed by atoms with van der Waals surface area (Å²) in [6.45, 7) is 1.39. The number of carbonyl (C=O) groups is 2. The topological polar surface area (TPSA) is 86.5 Å². The minimum Gasteiger partial charge on any atom is -0.454 e. The number of esters is 1. The third-order valence-corrected chi connectivity index (χ3v) is 6.61. The molecule has 4 bridgehead atoms. The predicted octanol–water partition coefficient (Wildman–Crippen LogP) is 3.85. The van der Waals surface area contributed by atoms with Gasteiger partial charge in [0.15, 0.2) is 12.4 Å². The van der Waals surface area contributed by atoms with Crippen LogP contribution in [-0.2, 0) is 9.53 Å². The molecule has 0 aromatic heterocycles. The molecule has 0 atom stereocenters. The summed E-state index contributed by atoms with van der Waals surface area (Å²) in [6, 6.07) is 4.24. The van der Waals surface area contributed by atoms with E-state index >= 15 is 0 Å². The first-order valence-electron chi connectivity index (χ1n) is 9.32. The van der Waals surface area contributed by atoms with Crippen molar-refractivity contribution in [1.29, 1.82) is 0 Å². The number of ketones is 1. The highest BCUT2D eigenvalue weighted by molar-refractivity contribution is 5.93. The molecule has 0 radical (unpaired) electrons. The maximum Gasteiger partial charge on any atom is 0.338 e. The lowest BCUT2D eigenvalue weighted by molar-refractivity contribution is -0.385. The average molecular weight is 357 g/mol. The van der Waals surface area contributed by atoms with Crippen LogP contribution in [0.5, 0.6) is 0 Å². The Hall–Kier alpha value is -2.24. The lowest BCUT2D eigenvalue weighted by atomic mass is 9.48. The summed E-state index contributed by atoms with van der Waals surface area (Å²) in [6.07, 6.45) is 6.56. The van der Waals surface area contributed by atoms with Gasteiger partial charge < -0.3 is 4.74 Å². The van der Waals surface area contributed by atoms with Gasteiger partial charge in [0.25, 0.3) is 5.69 Å². The lowest BCUT2D eigenvalue weighted by Gasteiger charge is -2.55. The first kappa shape index (κ1) is 17.2. The highest BCUT2D eigenvalue weighted by atomic mass is 16.6. The van der Waals surface area contributed by atoms with E-state index in [0.717, 1.165) is 19.3 Å². The fourth-order valence-corrected chi connectivity index (χ4v) is 5.75. The second kappa shape index (κ2) is 6.18. The van der Waals surface area contributed by atoms with Gasteiger partial charge >= 0.3 is 5.97 Å². The molecule has 0 aliphatic heterocycles. The van der Waals surface area contributed by atoms with Crippen LogP contribution >= 0.6 is 0 Å². The minimum absolute atomic E-state index is 0.0339. The van der Waals surface area contributed by atoms with Gasteiger partial charge in [-0.3, -0.25) is 14.9 Å². The Bertz CT molecular complexity index is 749. The van der Waals surface area contributed by atoms with Crippen molar-refractivity contribution < 1.29 is 19.2 Å². The van der Waals surface area contributed by atoms with E-state index in [2.05, 4.69) is 0 Å². The molecule has 26 heavy (non-hydrogen) atoms. The number of nitro groups is 1. The number of ether oxygens (including phenoxy) is 1. The van der Waals surface area contributed by atoms with Gasteiger partial charge in [-0.2, -0.15) is 0 Å². The van der Waals surface area contributed by atoms with Crippen molar-refractivity contribution in [1.82, 2.24) is 0 Å². The highest BCUT2D eigenvalue weighted by Crippen LogP contribution is 2.60. The monoisotopic (exact) mass is 357 g/mol. The van der Waals surface area contributed by atoms with Crippen molar-refractivity contribution in [3.8, 4) is 0 Å². The fourth-order valence-electron chi connectivity index (χ4n) is 5.75. The van der Waals surface area contributed by atoms with Crippen LogP contribution in [0.2, 0.25) is 0 Å². The third kappa shape index (κ3) is 2.91. The van der Waals surface area contributed by atoms with E-state index in [1.165, 1.54) is 37.5 Å². The van der Waals surface area contributed by atoms with Crippen molar-refractivity contribution in [2.75, 3.05) is 6.61 Å². The Morgan fingerprint density at radius 1 is 1.15 bits per heavy atom. The van der Waals surface area contributed by atoms with Gasteiger partial charge in [0.2, 0.25) is 0 Å². The van der Waals surface area contributed by atoms with Crippen LogP contribution < -0.4 is 0 Å². The summed E-state index contributed by atoms with van der Waals surface area (Å²) >= 11 is 0. The molecule has 4 aliphatic carbocycles. The van der Waals surface area contributed by atoms with Crippen LogP contribution in [-0.4, -0.2) is 23.3 Å². The van der Waals surface area contributed by atoms with Crippen LogP contribution in [0.4, 0.5) is 5.69 Å². The Balaban J connectivity index is 1.43. The van der Waals surface area contributed by atoms with Gasteiger partial charge in [-0.15, -0.1) is 0 Å². The zero-order valence-corrected chi connectivity index (χ0v) is 14.9. The van der Waals surface area contributed by atoms with Crippen LogP contribution in [0.3, 0.4) is 0 Å². The summed E-state index contributed by atoms with van der Waals surface area (Å²) in [5.41, 5.74) is 0.178. The van der Waals surface area contributed by atoms with E-state index in [9.17, 15) is 19.7 Å². The van der Waals surface area contributed by atoms with Crippen molar-refractivity contribution in [3.05, 3.63) is 39.4 Å². The van der Waals surface area contributed by atoms with E-state index in [0.29, 0.717) is 23.3 Å². The number of hydrogen-bond donors (Lipinski definition) is 0. The molecule has 1 aromatic carbocycles. The number of carbonyl (C=O) groups excluding carboxylic acids is 2. The molecule has 4 aliphatic rings. The summed E-state index contributed by atoms with van der Waals surface area (Å²) in [5.74, 6) is 1.32. The molecule has 0 unspecified atom stereocenters. The van der Waals surface area contributed by atoms with E-state index in [4.69, 9.17) is 4.74 Å². The lowest BCUT2D eigenvalue weighted by Crippen LogP contribution is -2.51. The second-order valence-electron chi connectivity index (χ2n) is 8.46. The smallest absolute Gasteiger partial charge is 0.338 e. The normalized spacial score (nSPS) is 31.7. The number of rotatable bonds is 5. The molecule has 138 valence electrons. The average Bonchev–Trinajstić information content (AvgIpc) is 2.58. The number of nitrogens with zero attached hydrogens (tertiary/aromatic N) is 1. The van der Waals surface area contributed by atoms with Crippen LogP contribution in [0, 0.1) is 40.2 Å². The molecule has 4 fully saturated rings. The molecule has 5 rings (SSSR count). The molecule has 0 N–H and O–H groups in total. The minimum atomic E-state index is -0.675. The van der Waals surface area contributed by atoms with Gasteiger partial charge in [-0.25, -0.2) is 4.79 Å². The largest absolute Gasteiger partial charge is 0.454 e. The quantitative estimate of drug-likeness (QED) is 0.454.